The molecule has 0 aliphatic carbocycles. The van der Waals surface area contributed by atoms with E-state index in [-0.39, 0.29) is 35.1 Å². The summed E-state index contributed by atoms with van der Waals surface area (Å²) in [5.74, 6) is -0.315. The number of morpholine rings is 1. The van der Waals surface area contributed by atoms with Crippen LogP contribution in [0.5, 0.6) is 0 Å². The molecular weight excluding hydrogens is 402 g/mol. The van der Waals surface area contributed by atoms with Crippen LogP contribution in [0.15, 0.2) is 35.4 Å². The van der Waals surface area contributed by atoms with Gasteiger partial charge in [-0.1, -0.05) is 0 Å². The van der Waals surface area contributed by atoms with Crippen LogP contribution < -0.4 is 5.32 Å². The van der Waals surface area contributed by atoms with E-state index in [1.165, 1.54) is 46.4 Å². The van der Waals surface area contributed by atoms with E-state index in [1.54, 1.807) is 0 Å². The highest BCUT2D eigenvalue weighted by molar-refractivity contribution is 7.89. The second-order valence-corrected chi connectivity index (χ2v) is 8.40. The van der Waals surface area contributed by atoms with Crippen molar-refractivity contribution in [3.63, 3.8) is 0 Å². The number of nitrogens with zero attached hydrogens (tertiary/aromatic N) is 4. The predicted octanol–water partition coefficient (Wildman–Crippen LogP) is 1.15. The van der Waals surface area contributed by atoms with Crippen LogP contribution in [-0.4, -0.2) is 59.6 Å². The van der Waals surface area contributed by atoms with E-state index in [0.717, 1.165) is 0 Å². The number of nitrogens with one attached hydrogen (secondary N) is 1. The molecule has 1 saturated heterocycles. The van der Waals surface area contributed by atoms with Gasteiger partial charge in [-0.15, -0.1) is 0 Å². The lowest BCUT2D eigenvalue weighted by Gasteiger charge is -2.26. The quantitative estimate of drug-likeness (QED) is 0.521. The monoisotopic (exact) mass is 423 g/mol. The number of carbonyl (C=O) groups excluding carboxylic acids is 1. The van der Waals surface area contributed by atoms with Crippen LogP contribution in [-0.2, 0) is 26.1 Å². The number of ether oxygens (including phenoxy) is 1. The molecule has 0 saturated carbocycles. The van der Waals surface area contributed by atoms with Crippen LogP contribution >= 0.6 is 0 Å². The first-order chi connectivity index (χ1) is 13.8. The van der Waals surface area contributed by atoms with Crippen molar-refractivity contribution >= 4 is 27.3 Å². The van der Waals surface area contributed by atoms with E-state index in [1.807, 2.05) is 0 Å². The molecule has 0 radical (unpaired) electrons. The Hall–Kier alpha value is -2.83. The van der Waals surface area contributed by atoms with Crippen molar-refractivity contribution in [2.45, 2.75) is 24.8 Å². The van der Waals surface area contributed by atoms with Crippen LogP contribution in [0.3, 0.4) is 0 Å². The van der Waals surface area contributed by atoms with Crippen molar-refractivity contribution in [2.24, 2.45) is 0 Å². The zero-order chi connectivity index (χ0) is 21.0. The molecule has 1 fully saturated rings. The van der Waals surface area contributed by atoms with Crippen LogP contribution in [0.2, 0.25) is 0 Å². The van der Waals surface area contributed by atoms with Gasteiger partial charge >= 0.3 is 5.69 Å². The Balaban J connectivity index is 1.57. The average Bonchev–Trinajstić information content (AvgIpc) is 3.08. The first kappa shape index (κ1) is 20.9. The SMILES string of the molecule is Cc1nn(CCC(=O)Nc2ccc(S(=O)(=O)N3CCOCC3)cc2)cc1[N+](=O)[O-]. The lowest BCUT2D eigenvalue weighted by Crippen LogP contribution is -2.40. The number of amides is 1. The van der Waals surface area contributed by atoms with Gasteiger partial charge in [0.15, 0.2) is 0 Å². The van der Waals surface area contributed by atoms with Gasteiger partial charge in [-0.25, -0.2) is 8.42 Å². The first-order valence-corrected chi connectivity index (χ1v) is 10.4. The van der Waals surface area contributed by atoms with Crippen molar-refractivity contribution in [3.8, 4) is 0 Å². The number of nitro groups is 1. The molecule has 156 valence electrons. The molecule has 29 heavy (non-hydrogen) atoms. The molecule has 1 aliphatic heterocycles. The zero-order valence-electron chi connectivity index (χ0n) is 15.8. The number of rotatable bonds is 7. The van der Waals surface area contributed by atoms with E-state index < -0.39 is 14.9 Å². The highest BCUT2D eigenvalue weighted by atomic mass is 32.2. The number of anilines is 1. The molecule has 3 rings (SSSR count). The number of carbonyl (C=O) groups is 1. The smallest absolute Gasteiger partial charge is 0.309 e. The molecule has 2 heterocycles. The molecule has 1 amide bonds. The molecule has 11 nitrogen and oxygen atoms in total. The summed E-state index contributed by atoms with van der Waals surface area (Å²) < 4.78 is 33.1. The van der Waals surface area contributed by atoms with Gasteiger partial charge in [-0.2, -0.15) is 9.40 Å². The molecule has 0 bridgehead atoms. The second-order valence-electron chi connectivity index (χ2n) is 6.46. The van der Waals surface area contributed by atoms with E-state index in [0.29, 0.717) is 32.0 Å². The summed E-state index contributed by atoms with van der Waals surface area (Å²) in [6.45, 7) is 3.07. The standard InChI is InChI=1S/C17H21N5O6S/c1-13-16(22(24)25)12-20(19-13)7-6-17(23)18-14-2-4-15(5-3-14)29(26,27)21-8-10-28-11-9-21/h2-5,12H,6-11H2,1H3,(H,18,23). The molecular formula is C17H21N5O6S. The normalized spacial score (nSPS) is 15.2. The number of benzene rings is 1. The minimum atomic E-state index is -3.59. The summed E-state index contributed by atoms with van der Waals surface area (Å²) >= 11 is 0. The number of hydrogen-bond donors (Lipinski definition) is 1. The van der Waals surface area contributed by atoms with Crippen LogP contribution in [0.25, 0.3) is 0 Å². The molecule has 2 aromatic rings. The number of sulfonamides is 1. The molecule has 1 aliphatic rings. The maximum Gasteiger partial charge on any atom is 0.309 e. The number of hydrogen-bond acceptors (Lipinski definition) is 7. The maximum atomic E-state index is 12.6. The zero-order valence-corrected chi connectivity index (χ0v) is 16.6. The van der Waals surface area contributed by atoms with Crippen molar-refractivity contribution < 1.29 is 22.9 Å². The van der Waals surface area contributed by atoms with E-state index in [2.05, 4.69) is 10.4 Å². The summed E-state index contributed by atoms with van der Waals surface area (Å²) in [6, 6.07) is 5.93. The Bertz CT molecular complexity index is 996. The lowest BCUT2D eigenvalue weighted by molar-refractivity contribution is -0.385. The summed E-state index contributed by atoms with van der Waals surface area (Å²) in [4.78, 5) is 22.6. The third kappa shape index (κ3) is 4.96. The molecule has 0 spiro atoms. The fraction of sp³-hybridized carbons (Fsp3) is 0.412. The van der Waals surface area contributed by atoms with Gasteiger partial charge in [0, 0.05) is 31.7 Å². The Morgan fingerprint density at radius 1 is 1.28 bits per heavy atom. The van der Waals surface area contributed by atoms with Crippen LogP contribution in [0.4, 0.5) is 11.4 Å². The van der Waals surface area contributed by atoms with Gasteiger partial charge in [0.2, 0.25) is 15.9 Å². The van der Waals surface area contributed by atoms with Crippen LogP contribution in [0.1, 0.15) is 12.1 Å². The molecule has 0 unspecified atom stereocenters. The molecule has 1 aromatic carbocycles. The molecule has 1 N–H and O–H groups in total. The highest BCUT2D eigenvalue weighted by Gasteiger charge is 2.26. The molecule has 12 heteroatoms. The predicted molar refractivity (Wildman–Crippen MR) is 103 cm³/mol. The largest absolute Gasteiger partial charge is 0.379 e. The lowest BCUT2D eigenvalue weighted by atomic mass is 10.3. The van der Waals surface area contributed by atoms with E-state index in [4.69, 9.17) is 4.74 Å². The third-order valence-corrected chi connectivity index (χ3v) is 6.34. The molecule has 1 aromatic heterocycles. The second kappa shape index (κ2) is 8.68. The first-order valence-electron chi connectivity index (χ1n) is 8.93. The van der Waals surface area contributed by atoms with E-state index in [9.17, 15) is 23.3 Å². The summed E-state index contributed by atoms with van der Waals surface area (Å²) in [7, 11) is -3.59. The summed E-state index contributed by atoms with van der Waals surface area (Å²) in [5, 5.41) is 17.5. The van der Waals surface area contributed by atoms with Crippen molar-refractivity contribution in [1.82, 2.24) is 14.1 Å². The van der Waals surface area contributed by atoms with Crippen LogP contribution in [0, 0.1) is 17.0 Å². The Morgan fingerprint density at radius 3 is 2.52 bits per heavy atom. The van der Waals surface area contributed by atoms with E-state index >= 15 is 0 Å². The van der Waals surface area contributed by atoms with Crippen molar-refractivity contribution in [1.29, 1.82) is 0 Å². The van der Waals surface area contributed by atoms with Crippen molar-refractivity contribution in [3.05, 3.63) is 46.3 Å². The number of aryl methyl sites for hydroxylation is 2. The van der Waals surface area contributed by atoms with Gasteiger partial charge in [0.05, 0.1) is 23.0 Å². The Morgan fingerprint density at radius 2 is 1.93 bits per heavy atom. The highest BCUT2D eigenvalue weighted by Crippen LogP contribution is 2.20. The van der Waals surface area contributed by atoms with Gasteiger partial charge in [-0.3, -0.25) is 19.6 Å². The number of aromatic nitrogens is 2. The van der Waals surface area contributed by atoms with Gasteiger partial charge in [0.1, 0.15) is 11.9 Å². The molecule has 0 atom stereocenters. The summed E-state index contributed by atoms with van der Waals surface area (Å²) in [6.07, 6.45) is 1.35. The van der Waals surface area contributed by atoms with Gasteiger partial charge < -0.3 is 10.1 Å². The van der Waals surface area contributed by atoms with Crippen molar-refractivity contribution in [2.75, 3.05) is 31.6 Å². The van der Waals surface area contributed by atoms with Gasteiger partial charge in [-0.05, 0) is 31.2 Å². The average molecular weight is 423 g/mol. The van der Waals surface area contributed by atoms with Gasteiger partial charge in [0.25, 0.3) is 0 Å². The Kier molecular flexibility index (Phi) is 6.25. The third-order valence-electron chi connectivity index (χ3n) is 4.43. The topological polar surface area (TPSA) is 137 Å². The minimum absolute atomic E-state index is 0.0616. The summed E-state index contributed by atoms with van der Waals surface area (Å²) in [5.41, 5.74) is 0.647. The fourth-order valence-corrected chi connectivity index (χ4v) is 4.29. The minimum Gasteiger partial charge on any atom is -0.379 e. The maximum absolute atomic E-state index is 12.6. The fourth-order valence-electron chi connectivity index (χ4n) is 2.89. The Labute approximate surface area is 167 Å².